The van der Waals surface area contributed by atoms with E-state index in [0.29, 0.717) is 31.1 Å². The molecule has 0 radical (unpaired) electrons. The topological polar surface area (TPSA) is 135 Å². The smallest absolute Gasteiger partial charge is 0.269 e. The Bertz CT molecular complexity index is 1110. The molecule has 1 aliphatic carbocycles. The second-order valence-corrected chi connectivity index (χ2v) is 11.8. The summed E-state index contributed by atoms with van der Waals surface area (Å²) in [6, 6.07) is 7.45. The predicted molar refractivity (Wildman–Crippen MR) is 136 cm³/mol. The highest BCUT2D eigenvalue weighted by Gasteiger charge is 2.32. The Labute approximate surface area is 212 Å². The van der Waals surface area contributed by atoms with Crippen LogP contribution in [0.15, 0.2) is 41.4 Å². The molecule has 1 aliphatic heterocycles. The van der Waals surface area contributed by atoms with Crippen LogP contribution >= 0.6 is 0 Å². The number of rotatable bonds is 11. The molecule has 36 heavy (non-hydrogen) atoms. The summed E-state index contributed by atoms with van der Waals surface area (Å²) in [5, 5.41) is 21.5. The number of nitrogens with one attached hydrogen (secondary N) is 3. The molecule has 4 rings (SSSR count). The van der Waals surface area contributed by atoms with Gasteiger partial charge in [-0.2, -0.15) is 5.10 Å². The molecule has 0 unspecified atom stereocenters. The summed E-state index contributed by atoms with van der Waals surface area (Å²) in [7, 11) is -3.62. The van der Waals surface area contributed by atoms with Crippen LogP contribution < -0.4 is 15.4 Å². The van der Waals surface area contributed by atoms with Gasteiger partial charge < -0.3 is 20.5 Å². The van der Waals surface area contributed by atoms with Crippen molar-refractivity contribution in [3.05, 3.63) is 42.2 Å². The van der Waals surface area contributed by atoms with Gasteiger partial charge >= 0.3 is 0 Å². The Morgan fingerprint density at radius 1 is 1.14 bits per heavy atom. The van der Waals surface area contributed by atoms with Crippen LogP contribution in [0.5, 0.6) is 0 Å². The quantitative estimate of drug-likeness (QED) is 0.335. The van der Waals surface area contributed by atoms with Gasteiger partial charge in [0.2, 0.25) is 10.0 Å². The molecular formula is C25H37N5O5S. The van der Waals surface area contributed by atoms with E-state index in [-0.39, 0.29) is 28.7 Å². The summed E-state index contributed by atoms with van der Waals surface area (Å²) >= 11 is 0. The average molecular weight is 520 g/mol. The molecule has 10 nitrogen and oxygen atoms in total. The molecule has 1 saturated heterocycles. The Hall–Kier alpha value is -2.47. The number of aromatic nitrogens is 2. The van der Waals surface area contributed by atoms with Crippen molar-refractivity contribution in [3.63, 3.8) is 0 Å². The van der Waals surface area contributed by atoms with E-state index in [2.05, 4.69) is 20.5 Å². The fourth-order valence-corrected chi connectivity index (χ4v) is 5.90. The maximum atomic E-state index is 13.1. The van der Waals surface area contributed by atoms with Crippen molar-refractivity contribution in [1.29, 1.82) is 0 Å². The Morgan fingerprint density at radius 2 is 1.83 bits per heavy atom. The van der Waals surface area contributed by atoms with E-state index in [1.165, 1.54) is 12.1 Å². The lowest BCUT2D eigenvalue weighted by Gasteiger charge is -2.34. The summed E-state index contributed by atoms with van der Waals surface area (Å²) in [4.78, 5) is 13.3. The van der Waals surface area contributed by atoms with Crippen LogP contribution in [-0.4, -0.2) is 61.2 Å². The third kappa shape index (κ3) is 6.44. The van der Waals surface area contributed by atoms with E-state index in [4.69, 9.17) is 4.74 Å². The van der Waals surface area contributed by atoms with Gasteiger partial charge in [-0.05, 0) is 62.9 Å². The van der Waals surface area contributed by atoms with Gasteiger partial charge in [-0.25, -0.2) is 13.1 Å². The zero-order valence-corrected chi connectivity index (χ0v) is 21.7. The zero-order chi connectivity index (χ0) is 25.7. The second-order valence-electron chi connectivity index (χ2n) is 10.0. The van der Waals surface area contributed by atoms with E-state index in [1.807, 2.05) is 13.8 Å². The molecule has 198 valence electrons. The first kappa shape index (κ1) is 26.6. The van der Waals surface area contributed by atoms with Crippen molar-refractivity contribution in [2.24, 2.45) is 11.8 Å². The fraction of sp³-hybridized carbons (Fsp3) is 0.600. The maximum Gasteiger partial charge on any atom is 0.269 e. The molecule has 2 aromatic rings. The van der Waals surface area contributed by atoms with Crippen molar-refractivity contribution in [1.82, 2.24) is 19.8 Å². The first-order valence-electron chi connectivity index (χ1n) is 12.7. The predicted octanol–water partition coefficient (Wildman–Crippen LogP) is 2.50. The van der Waals surface area contributed by atoms with Crippen LogP contribution in [0.25, 0.3) is 0 Å². The number of benzene rings is 1. The van der Waals surface area contributed by atoms with Gasteiger partial charge in [0.1, 0.15) is 11.9 Å². The Morgan fingerprint density at radius 3 is 2.44 bits per heavy atom. The highest BCUT2D eigenvalue weighted by molar-refractivity contribution is 7.89. The molecule has 0 spiro atoms. The van der Waals surface area contributed by atoms with E-state index >= 15 is 0 Å². The average Bonchev–Trinajstić information content (AvgIpc) is 3.33. The number of carbonyl (C=O) groups excluding carboxylic acids is 1. The summed E-state index contributed by atoms with van der Waals surface area (Å²) in [6.07, 6.45) is 5.65. The molecule has 2 heterocycles. The number of sulfonamides is 1. The number of ether oxygens (including phenoxy) is 1. The zero-order valence-electron chi connectivity index (χ0n) is 20.9. The second kappa shape index (κ2) is 11.7. The van der Waals surface area contributed by atoms with Crippen molar-refractivity contribution >= 4 is 21.6 Å². The van der Waals surface area contributed by atoms with Crippen molar-refractivity contribution < 1.29 is 23.1 Å². The molecule has 1 saturated carbocycles. The van der Waals surface area contributed by atoms with E-state index in [1.54, 1.807) is 29.1 Å². The SMILES string of the molecule is CC(C)n1nccc1C(=O)N[C@@H](C1CCCCC1)[C@H](O)Nc1ccc(S(=O)(=O)NCC2COC2)cc1. The summed E-state index contributed by atoms with van der Waals surface area (Å²) in [5.41, 5.74) is 1.02. The summed E-state index contributed by atoms with van der Waals surface area (Å²) in [6.45, 7) is 5.41. The van der Waals surface area contributed by atoms with E-state index in [9.17, 15) is 18.3 Å². The van der Waals surface area contributed by atoms with Gasteiger partial charge in [-0.1, -0.05) is 19.3 Å². The highest BCUT2D eigenvalue weighted by Crippen LogP contribution is 2.29. The number of carbonyl (C=O) groups is 1. The van der Waals surface area contributed by atoms with Gasteiger partial charge in [0.15, 0.2) is 0 Å². The number of amides is 1. The number of aliphatic hydroxyl groups excluding tert-OH is 1. The maximum absolute atomic E-state index is 13.1. The minimum atomic E-state index is -3.62. The van der Waals surface area contributed by atoms with Crippen molar-refractivity contribution in [2.45, 2.75) is 69.2 Å². The van der Waals surface area contributed by atoms with Gasteiger partial charge in [0.05, 0.1) is 24.2 Å². The molecule has 1 aromatic carbocycles. The third-order valence-corrected chi connectivity index (χ3v) is 8.38. The lowest BCUT2D eigenvalue weighted by molar-refractivity contribution is -0.0283. The Balaban J connectivity index is 1.44. The van der Waals surface area contributed by atoms with Gasteiger partial charge in [0, 0.05) is 30.4 Å². The van der Waals surface area contributed by atoms with Crippen molar-refractivity contribution in [2.75, 3.05) is 25.1 Å². The first-order chi connectivity index (χ1) is 17.2. The van der Waals surface area contributed by atoms with Gasteiger partial charge in [-0.3, -0.25) is 9.48 Å². The standard InChI is InChI=1S/C25H37N5O5S/c1-17(2)30-22(12-13-26-30)24(31)29-23(19-6-4-3-5-7-19)25(32)28-20-8-10-21(11-9-20)36(33,34)27-14-18-15-35-16-18/h8-13,17-19,23,25,27-28,32H,3-7,14-16H2,1-2H3,(H,29,31)/t23-,25-/m0/s1. The van der Waals surface area contributed by atoms with Crippen LogP contribution in [0, 0.1) is 11.8 Å². The number of anilines is 1. The lowest BCUT2D eigenvalue weighted by Crippen LogP contribution is -2.52. The monoisotopic (exact) mass is 519 g/mol. The molecule has 11 heteroatoms. The molecule has 2 atom stereocenters. The molecule has 1 amide bonds. The van der Waals surface area contributed by atoms with Crippen LogP contribution in [0.1, 0.15) is 62.5 Å². The molecular weight excluding hydrogens is 482 g/mol. The minimum absolute atomic E-state index is 0.0308. The van der Waals surface area contributed by atoms with Gasteiger partial charge in [0.25, 0.3) is 5.91 Å². The fourth-order valence-electron chi connectivity index (χ4n) is 4.78. The lowest BCUT2D eigenvalue weighted by atomic mass is 9.83. The summed E-state index contributed by atoms with van der Waals surface area (Å²) in [5.74, 6) is 0.0592. The number of aliphatic hydroxyl groups is 1. The van der Waals surface area contributed by atoms with Crippen LogP contribution in [0.3, 0.4) is 0 Å². The highest BCUT2D eigenvalue weighted by atomic mass is 32.2. The number of hydrogen-bond acceptors (Lipinski definition) is 7. The molecule has 2 fully saturated rings. The normalized spacial score (nSPS) is 19.0. The minimum Gasteiger partial charge on any atom is -0.381 e. The van der Waals surface area contributed by atoms with E-state index < -0.39 is 22.3 Å². The van der Waals surface area contributed by atoms with E-state index in [0.717, 1.165) is 32.1 Å². The molecule has 0 bridgehead atoms. The molecule has 4 N–H and O–H groups in total. The summed E-state index contributed by atoms with van der Waals surface area (Å²) < 4.78 is 34.5. The largest absolute Gasteiger partial charge is 0.381 e. The Kier molecular flexibility index (Phi) is 8.66. The van der Waals surface area contributed by atoms with Crippen LogP contribution in [-0.2, 0) is 14.8 Å². The molecule has 2 aliphatic rings. The van der Waals surface area contributed by atoms with Crippen LogP contribution in [0.2, 0.25) is 0 Å². The third-order valence-electron chi connectivity index (χ3n) is 6.94. The van der Waals surface area contributed by atoms with Crippen LogP contribution in [0.4, 0.5) is 5.69 Å². The molecule has 1 aromatic heterocycles. The first-order valence-corrected chi connectivity index (χ1v) is 14.2. The van der Waals surface area contributed by atoms with Crippen molar-refractivity contribution in [3.8, 4) is 0 Å². The number of nitrogens with zero attached hydrogens (tertiary/aromatic N) is 2. The van der Waals surface area contributed by atoms with Gasteiger partial charge in [-0.15, -0.1) is 0 Å². The number of hydrogen-bond donors (Lipinski definition) is 4.